The average Bonchev–Trinajstić information content (AvgIpc) is 3.27. The van der Waals surface area contributed by atoms with Crippen LogP contribution in [0.4, 0.5) is 16.2 Å². The van der Waals surface area contributed by atoms with E-state index in [4.69, 9.17) is 4.74 Å². The van der Waals surface area contributed by atoms with E-state index < -0.39 is 0 Å². The van der Waals surface area contributed by atoms with Crippen LogP contribution in [0.5, 0.6) is 5.75 Å². The Kier molecular flexibility index (Phi) is 4.78. The van der Waals surface area contributed by atoms with Gasteiger partial charge in [0.25, 0.3) is 0 Å². The van der Waals surface area contributed by atoms with E-state index in [1.807, 2.05) is 61.7 Å². The minimum atomic E-state index is -0.283. The number of carbonyl (C=O) groups is 1. The quantitative estimate of drug-likeness (QED) is 0.700. The van der Waals surface area contributed by atoms with Crippen molar-refractivity contribution in [3.05, 3.63) is 60.6 Å². The Labute approximate surface area is 158 Å². The second kappa shape index (κ2) is 7.53. The summed E-state index contributed by atoms with van der Waals surface area (Å²) in [6, 6.07) is 14.8. The van der Waals surface area contributed by atoms with Crippen molar-refractivity contribution in [1.82, 2.24) is 9.55 Å². The van der Waals surface area contributed by atoms with Crippen LogP contribution in [0, 0.1) is 0 Å². The van der Waals surface area contributed by atoms with E-state index in [0.717, 1.165) is 47.9 Å². The van der Waals surface area contributed by atoms with Gasteiger partial charge in [0.2, 0.25) is 0 Å². The molecule has 4 rings (SSSR count). The molecule has 0 fully saturated rings. The van der Waals surface area contributed by atoms with Gasteiger partial charge in [-0.2, -0.15) is 0 Å². The summed E-state index contributed by atoms with van der Waals surface area (Å²) in [6.07, 6.45) is 4.08. The Morgan fingerprint density at radius 1 is 1.15 bits per heavy atom. The van der Waals surface area contributed by atoms with Gasteiger partial charge in [-0.25, -0.2) is 9.78 Å². The Balaban J connectivity index is 1.44. The number of nitrogens with zero attached hydrogens (tertiary/aromatic N) is 2. The van der Waals surface area contributed by atoms with Crippen molar-refractivity contribution >= 4 is 17.4 Å². The minimum absolute atomic E-state index is 0.283. The Hall–Kier alpha value is -3.28. The lowest BCUT2D eigenvalue weighted by Gasteiger charge is -2.10. The topological polar surface area (TPSA) is 68.2 Å². The van der Waals surface area contributed by atoms with Crippen LogP contribution < -0.4 is 15.4 Å². The van der Waals surface area contributed by atoms with Gasteiger partial charge in [0.1, 0.15) is 11.6 Å². The highest BCUT2D eigenvalue weighted by molar-refractivity contribution is 6.00. The number of aryl methyl sites for hydroxylation is 1. The van der Waals surface area contributed by atoms with Crippen LogP contribution >= 0.6 is 0 Å². The molecular formula is C21H22N4O2. The lowest BCUT2D eigenvalue weighted by Crippen LogP contribution is -2.19. The summed E-state index contributed by atoms with van der Waals surface area (Å²) in [5.41, 5.74) is 3.60. The number of aromatic nitrogens is 2. The number of rotatable bonds is 5. The Bertz CT molecular complexity index is 947. The molecule has 0 atom stereocenters. The second-order valence-electron chi connectivity index (χ2n) is 6.43. The molecule has 0 aliphatic carbocycles. The number of benzene rings is 2. The number of ether oxygens (including phenoxy) is 1. The molecule has 0 saturated heterocycles. The van der Waals surface area contributed by atoms with Gasteiger partial charge in [-0.15, -0.1) is 0 Å². The van der Waals surface area contributed by atoms with Crippen LogP contribution in [0.15, 0.2) is 54.7 Å². The Morgan fingerprint density at radius 3 is 2.78 bits per heavy atom. The molecule has 0 saturated carbocycles. The van der Waals surface area contributed by atoms with Crippen molar-refractivity contribution in [3.63, 3.8) is 0 Å². The molecule has 27 heavy (non-hydrogen) atoms. The fourth-order valence-corrected chi connectivity index (χ4v) is 3.34. The summed E-state index contributed by atoms with van der Waals surface area (Å²) in [6.45, 7) is 3.55. The van der Waals surface area contributed by atoms with Crippen LogP contribution in [0.3, 0.4) is 0 Å². The predicted octanol–water partition coefficient (Wildman–Crippen LogP) is 4.54. The van der Waals surface area contributed by atoms with Gasteiger partial charge in [-0.3, -0.25) is 0 Å². The third-order valence-corrected chi connectivity index (χ3v) is 4.56. The minimum Gasteiger partial charge on any atom is -0.494 e. The standard InChI is InChI=1S/C21H22N4O2/c1-2-27-18-10-8-16(9-11-18)23-21(26)24-17-6-3-5-15(13-17)19-14-22-20-7-4-12-25(19)20/h3,5-6,8-11,13-14H,2,4,7,12H2,1H3,(H2,23,24,26). The van der Waals surface area contributed by atoms with Crippen LogP contribution in [0.2, 0.25) is 0 Å². The fraction of sp³-hybridized carbons (Fsp3) is 0.238. The normalized spacial score (nSPS) is 12.5. The zero-order chi connectivity index (χ0) is 18.6. The van der Waals surface area contributed by atoms with E-state index in [9.17, 15) is 4.79 Å². The smallest absolute Gasteiger partial charge is 0.323 e. The number of hydrogen-bond donors (Lipinski definition) is 2. The molecule has 3 aromatic rings. The van der Waals surface area contributed by atoms with Crippen molar-refractivity contribution in [2.24, 2.45) is 0 Å². The predicted molar refractivity (Wildman–Crippen MR) is 106 cm³/mol. The summed E-state index contributed by atoms with van der Waals surface area (Å²) in [7, 11) is 0. The largest absolute Gasteiger partial charge is 0.494 e. The van der Waals surface area contributed by atoms with E-state index in [-0.39, 0.29) is 6.03 Å². The van der Waals surface area contributed by atoms with Crippen LogP contribution in [-0.2, 0) is 13.0 Å². The number of imidazole rings is 1. The van der Waals surface area contributed by atoms with E-state index in [1.54, 1.807) is 0 Å². The zero-order valence-electron chi connectivity index (χ0n) is 15.2. The molecule has 138 valence electrons. The lowest BCUT2D eigenvalue weighted by molar-refractivity contribution is 0.262. The molecule has 6 heteroatoms. The van der Waals surface area contributed by atoms with Crippen LogP contribution in [0.25, 0.3) is 11.3 Å². The molecular weight excluding hydrogens is 340 g/mol. The first-order valence-electron chi connectivity index (χ1n) is 9.18. The monoisotopic (exact) mass is 362 g/mol. The van der Waals surface area contributed by atoms with Gasteiger partial charge in [-0.05, 0) is 49.7 Å². The third kappa shape index (κ3) is 3.79. The summed E-state index contributed by atoms with van der Waals surface area (Å²) in [5.74, 6) is 1.92. The molecule has 2 aromatic carbocycles. The van der Waals surface area contributed by atoms with Crippen molar-refractivity contribution in [1.29, 1.82) is 0 Å². The van der Waals surface area contributed by atoms with Crippen molar-refractivity contribution in [2.45, 2.75) is 26.3 Å². The van der Waals surface area contributed by atoms with Crippen molar-refractivity contribution in [3.8, 4) is 17.0 Å². The SMILES string of the molecule is CCOc1ccc(NC(=O)Nc2cccc(-c3cnc4n3CCC4)c2)cc1. The van der Waals surface area contributed by atoms with Gasteiger partial charge in [0, 0.05) is 29.9 Å². The van der Waals surface area contributed by atoms with Gasteiger partial charge < -0.3 is 19.9 Å². The fourth-order valence-electron chi connectivity index (χ4n) is 3.34. The molecule has 2 heterocycles. The number of fused-ring (bicyclic) bond motifs is 1. The molecule has 0 radical (unpaired) electrons. The van der Waals surface area contributed by atoms with Crippen LogP contribution in [-0.4, -0.2) is 22.2 Å². The highest BCUT2D eigenvalue weighted by atomic mass is 16.5. The molecule has 1 aliphatic heterocycles. The second-order valence-corrected chi connectivity index (χ2v) is 6.43. The van der Waals surface area contributed by atoms with Gasteiger partial charge in [0.15, 0.2) is 0 Å². The average molecular weight is 362 g/mol. The number of urea groups is 1. The molecule has 6 nitrogen and oxygen atoms in total. The van der Waals surface area contributed by atoms with Crippen LogP contribution in [0.1, 0.15) is 19.2 Å². The third-order valence-electron chi connectivity index (χ3n) is 4.56. The number of amides is 2. The van der Waals surface area contributed by atoms with E-state index in [1.165, 1.54) is 0 Å². The number of hydrogen-bond acceptors (Lipinski definition) is 3. The van der Waals surface area contributed by atoms with E-state index in [2.05, 4.69) is 20.2 Å². The molecule has 2 N–H and O–H groups in total. The maximum Gasteiger partial charge on any atom is 0.323 e. The van der Waals surface area contributed by atoms with Crippen molar-refractivity contribution < 1.29 is 9.53 Å². The van der Waals surface area contributed by atoms with E-state index >= 15 is 0 Å². The first kappa shape index (κ1) is 17.1. The maximum atomic E-state index is 12.3. The first-order valence-corrected chi connectivity index (χ1v) is 9.18. The molecule has 0 bridgehead atoms. The number of anilines is 2. The molecule has 1 aromatic heterocycles. The highest BCUT2D eigenvalue weighted by Crippen LogP contribution is 2.27. The van der Waals surface area contributed by atoms with Crippen molar-refractivity contribution in [2.75, 3.05) is 17.2 Å². The lowest BCUT2D eigenvalue weighted by atomic mass is 10.1. The molecule has 0 unspecified atom stereocenters. The molecule has 1 aliphatic rings. The number of carbonyl (C=O) groups excluding carboxylic acids is 1. The number of nitrogens with one attached hydrogen (secondary N) is 2. The first-order chi connectivity index (χ1) is 13.2. The summed E-state index contributed by atoms with van der Waals surface area (Å²) in [5, 5.41) is 5.72. The summed E-state index contributed by atoms with van der Waals surface area (Å²) in [4.78, 5) is 16.8. The van der Waals surface area contributed by atoms with Gasteiger partial charge in [-0.1, -0.05) is 12.1 Å². The summed E-state index contributed by atoms with van der Waals surface area (Å²) < 4.78 is 7.66. The van der Waals surface area contributed by atoms with Gasteiger partial charge >= 0.3 is 6.03 Å². The Morgan fingerprint density at radius 2 is 1.96 bits per heavy atom. The zero-order valence-corrected chi connectivity index (χ0v) is 15.2. The van der Waals surface area contributed by atoms with E-state index in [0.29, 0.717) is 12.3 Å². The summed E-state index contributed by atoms with van der Waals surface area (Å²) >= 11 is 0. The highest BCUT2D eigenvalue weighted by Gasteiger charge is 2.16. The molecule has 2 amide bonds. The van der Waals surface area contributed by atoms with Gasteiger partial charge in [0.05, 0.1) is 18.5 Å². The molecule has 0 spiro atoms. The maximum absolute atomic E-state index is 12.3.